The van der Waals surface area contributed by atoms with Crippen LogP contribution in [0.5, 0.6) is 0 Å². The van der Waals surface area contributed by atoms with Gasteiger partial charge in [-0.3, -0.25) is 0 Å². The van der Waals surface area contributed by atoms with Crippen LogP contribution in [-0.4, -0.2) is 4.98 Å². The Labute approximate surface area is 95.7 Å². The number of hydrogen-bond donors (Lipinski definition) is 2. The summed E-state index contributed by atoms with van der Waals surface area (Å²) >= 11 is 3.35. The minimum atomic E-state index is 0.833. The highest BCUT2D eigenvalue weighted by atomic mass is 79.9. The fourth-order valence-electron chi connectivity index (χ4n) is 1.60. The minimum Gasteiger partial charge on any atom is -0.338 e. The van der Waals surface area contributed by atoms with Gasteiger partial charge in [-0.1, -0.05) is 24.3 Å². The van der Waals surface area contributed by atoms with Crippen molar-refractivity contribution in [2.75, 3.05) is 10.6 Å². The maximum atomic E-state index is 4.34. The molecule has 2 N–H and O–H groups in total. The molecule has 3 rings (SSSR count). The first-order valence-corrected chi connectivity index (χ1v) is 5.42. The molecule has 0 bridgehead atoms. The smallest absolute Gasteiger partial charge is 0.156 e. The van der Waals surface area contributed by atoms with Gasteiger partial charge in [-0.2, -0.15) is 0 Å². The highest BCUT2D eigenvalue weighted by molar-refractivity contribution is 9.10. The molecule has 0 unspecified atom stereocenters. The van der Waals surface area contributed by atoms with Crippen LogP contribution in [-0.2, 0) is 0 Å². The normalized spacial score (nSPS) is 16.6. The van der Waals surface area contributed by atoms with Crippen LogP contribution in [0.2, 0.25) is 0 Å². The average Bonchev–Trinajstić information content (AvgIpc) is 2.84. The zero-order valence-electron chi connectivity index (χ0n) is 7.79. The summed E-state index contributed by atoms with van der Waals surface area (Å²) in [5, 5.41) is 6.53. The lowest BCUT2D eigenvalue weighted by atomic mass is 10.3. The zero-order valence-corrected chi connectivity index (χ0v) is 9.38. The summed E-state index contributed by atoms with van der Waals surface area (Å²) in [6.07, 6.45) is 8.13. The maximum absolute atomic E-state index is 4.34. The SMILES string of the molecule is Brc1ccc2c(n1)NC(=C1C=CC=C1)N2. The molecule has 0 spiro atoms. The van der Waals surface area contributed by atoms with Crippen LogP contribution >= 0.6 is 15.9 Å². The lowest BCUT2D eigenvalue weighted by Gasteiger charge is -2.00. The minimum absolute atomic E-state index is 0.833. The summed E-state index contributed by atoms with van der Waals surface area (Å²) in [5.41, 5.74) is 2.15. The number of aromatic nitrogens is 1. The molecule has 0 saturated heterocycles. The molecule has 0 fully saturated rings. The van der Waals surface area contributed by atoms with E-state index in [4.69, 9.17) is 0 Å². The molecule has 74 valence electrons. The second-order valence-electron chi connectivity index (χ2n) is 3.33. The number of nitrogens with one attached hydrogen (secondary N) is 2. The van der Waals surface area contributed by atoms with Crippen molar-refractivity contribution in [3.05, 3.63) is 52.4 Å². The Morgan fingerprint density at radius 2 is 1.87 bits per heavy atom. The second-order valence-corrected chi connectivity index (χ2v) is 4.14. The van der Waals surface area contributed by atoms with Crippen molar-refractivity contribution >= 4 is 27.4 Å². The third-order valence-corrected chi connectivity index (χ3v) is 2.76. The van der Waals surface area contributed by atoms with Crippen LogP contribution in [0.1, 0.15) is 0 Å². The number of pyridine rings is 1. The summed E-state index contributed by atoms with van der Waals surface area (Å²) in [5.74, 6) is 1.85. The maximum Gasteiger partial charge on any atom is 0.156 e. The first-order valence-electron chi connectivity index (χ1n) is 4.62. The Balaban J connectivity index is 2.02. The summed E-state index contributed by atoms with van der Waals surface area (Å²) in [6.45, 7) is 0. The number of anilines is 2. The molecule has 0 radical (unpaired) electrons. The number of fused-ring (bicyclic) bond motifs is 1. The molecule has 1 aromatic rings. The van der Waals surface area contributed by atoms with Crippen LogP contribution in [0.3, 0.4) is 0 Å². The van der Waals surface area contributed by atoms with Gasteiger partial charge in [0.05, 0.1) is 5.69 Å². The molecule has 2 aliphatic rings. The molecule has 0 amide bonds. The van der Waals surface area contributed by atoms with Gasteiger partial charge in [0.2, 0.25) is 0 Å². The van der Waals surface area contributed by atoms with Gasteiger partial charge in [-0.25, -0.2) is 4.98 Å². The second kappa shape index (κ2) is 3.24. The van der Waals surface area contributed by atoms with Crippen LogP contribution in [0.15, 0.2) is 52.4 Å². The van der Waals surface area contributed by atoms with E-state index in [1.54, 1.807) is 0 Å². The highest BCUT2D eigenvalue weighted by Crippen LogP contribution is 2.31. The lowest BCUT2D eigenvalue weighted by molar-refractivity contribution is 1.28. The van der Waals surface area contributed by atoms with Crippen molar-refractivity contribution in [1.82, 2.24) is 4.98 Å². The Bertz CT molecular complexity index is 501. The fourth-order valence-corrected chi connectivity index (χ4v) is 1.91. The van der Waals surface area contributed by atoms with Crippen molar-refractivity contribution in [3.63, 3.8) is 0 Å². The fraction of sp³-hybridized carbons (Fsp3) is 0. The quantitative estimate of drug-likeness (QED) is 0.705. The van der Waals surface area contributed by atoms with Gasteiger partial charge in [0.25, 0.3) is 0 Å². The largest absolute Gasteiger partial charge is 0.338 e. The van der Waals surface area contributed by atoms with E-state index in [0.29, 0.717) is 0 Å². The number of hydrogen-bond acceptors (Lipinski definition) is 3. The predicted octanol–water partition coefficient (Wildman–Crippen LogP) is 3.02. The van der Waals surface area contributed by atoms with E-state index in [-0.39, 0.29) is 0 Å². The van der Waals surface area contributed by atoms with E-state index in [9.17, 15) is 0 Å². The standard InChI is InChI=1S/C11H8BrN3/c12-9-6-5-8-11(14-9)15-10(13-8)7-3-1-2-4-7/h1-6,13H,(H,14,15). The van der Waals surface area contributed by atoms with Gasteiger partial charge in [-0.15, -0.1) is 0 Å². The molecule has 3 nitrogen and oxygen atoms in total. The molecular formula is C11H8BrN3. The van der Waals surface area contributed by atoms with E-state index < -0.39 is 0 Å². The summed E-state index contributed by atoms with van der Waals surface area (Å²) in [6, 6.07) is 3.91. The Hall–Kier alpha value is -1.55. The van der Waals surface area contributed by atoms with Crippen LogP contribution < -0.4 is 10.6 Å². The van der Waals surface area contributed by atoms with E-state index in [0.717, 1.165) is 27.5 Å². The third-order valence-electron chi connectivity index (χ3n) is 2.32. The van der Waals surface area contributed by atoms with Crippen molar-refractivity contribution < 1.29 is 0 Å². The van der Waals surface area contributed by atoms with Gasteiger partial charge >= 0.3 is 0 Å². The Kier molecular flexibility index (Phi) is 1.89. The first kappa shape index (κ1) is 8.73. The van der Waals surface area contributed by atoms with Crippen LogP contribution in [0, 0.1) is 0 Å². The molecular weight excluding hydrogens is 254 g/mol. The number of nitrogens with zero attached hydrogens (tertiary/aromatic N) is 1. The molecule has 1 aliphatic heterocycles. The molecule has 4 heteroatoms. The topological polar surface area (TPSA) is 37.0 Å². The molecule has 0 aromatic carbocycles. The monoisotopic (exact) mass is 261 g/mol. The first-order chi connectivity index (χ1) is 7.33. The van der Waals surface area contributed by atoms with E-state index >= 15 is 0 Å². The molecule has 15 heavy (non-hydrogen) atoms. The van der Waals surface area contributed by atoms with Crippen molar-refractivity contribution in [2.24, 2.45) is 0 Å². The van der Waals surface area contributed by atoms with Gasteiger partial charge in [0.1, 0.15) is 10.4 Å². The molecule has 1 aliphatic carbocycles. The van der Waals surface area contributed by atoms with E-state index in [2.05, 4.69) is 43.7 Å². The van der Waals surface area contributed by atoms with Crippen LogP contribution in [0.4, 0.5) is 11.5 Å². The Morgan fingerprint density at radius 3 is 2.67 bits per heavy atom. The van der Waals surface area contributed by atoms with Gasteiger partial charge in [0, 0.05) is 5.57 Å². The number of halogens is 1. The van der Waals surface area contributed by atoms with Gasteiger partial charge in [-0.05, 0) is 28.1 Å². The number of allylic oxidation sites excluding steroid dienone is 5. The molecule has 0 saturated carbocycles. The predicted molar refractivity (Wildman–Crippen MR) is 64.5 cm³/mol. The number of rotatable bonds is 0. The molecule has 1 aromatic heterocycles. The highest BCUT2D eigenvalue weighted by Gasteiger charge is 2.17. The van der Waals surface area contributed by atoms with Gasteiger partial charge in [0.15, 0.2) is 5.82 Å². The molecule has 2 heterocycles. The summed E-state index contributed by atoms with van der Waals surface area (Å²) < 4.78 is 0.833. The lowest BCUT2D eigenvalue weighted by Crippen LogP contribution is -2.01. The third kappa shape index (κ3) is 1.47. The molecule has 0 atom stereocenters. The summed E-state index contributed by atoms with van der Waals surface area (Å²) in [7, 11) is 0. The van der Waals surface area contributed by atoms with E-state index in [1.165, 1.54) is 0 Å². The zero-order chi connectivity index (χ0) is 10.3. The van der Waals surface area contributed by atoms with Crippen molar-refractivity contribution in [3.8, 4) is 0 Å². The van der Waals surface area contributed by atoms with Crippen LogP contribution in [0.25, 0.3) is 0 Å². The van der Waals surface area contributed by atoms with E-state index in [1.807, 2.05) is 24.3 Å². The average molecular weight is 262 g/mol. The Morgan fingerprint density at radius 1 is 1.07 bits per heavy atom. The van der Waals surface area contributed by atoms with Crippen molar-refractivity contribution in [1.29, 1.82) is 0 Å². The van der Waals surface area contributed by atoms with Crippen molar-refractivity contribution in [2.45, 2.75) is 0 Å². The van der Waals surface area contributed by atoms with Gasteiger partial charge < -0.3 is 10.6 Å². The summed E-state index contributed by atoms with van der Waals surface area (Å²) in [4.78, 5) is 4.34.